The third-order valence-corrected chi connectivity index (χ3v) is 1.86. The predicted molar refractivity (Wildman–Crippen MR) is 49.6 cm³/mol. The van der Waals surface area contributed by atoms with E-state index in [4.69, 9.17) is 0 Å². The Labute approximate surface area is 84.6 Å². The van der Waals surface area contributed by atoms with Crippen molar-refractivity contribution >= 4 is 11.5 Å². The molecule has 0 saturated heterocycles. The molecule has 80 valence electrons. The van der Waals surface area contributed by atoms with Gasteiger partial charge in [0.15, 0.2) is 11.5 Å². The lowest BCUT2D eigenvalue weighted by Gasteiger charge is -2.04. The molecule has 0 atom stereocenters. The van der Waals surface area contributed by atoms with Crippen LogP contribution in [0.15, 0.2) is 12.1 Å². The Kier molecular flexibility index (Phi) is 2.99. The zero-order valence-electron chi connectivity index (χ0n) is 8.11. The molecule has 0 aliphatic heterocycles. The normalized spacial score (nSPS) is 9.80. The van der Waals surface area contributed by atoms with E-state index in [1.165, 1.54) is 13.2 Å². The van der Waals surface area contributed by atoms with Crippen LogP contribution in [0.4, 0.5) is 10.1 Å². The maximum atomic E-state index is 13.5. The number of hydrogen-bond acceptors (Lipinski definition) is 4. The molecule has 0 bridgehead atoms. The molecule has 0 aromatic heterocycles. The molecule has 0 amide bonds. The molecule has 0 N–H and O–H groups in total. The zero-order chi connectivity index (χ0) is 11.6. The Morgan fingerprint density at radius 2 is 2.13 bits per heavy atom. The first-order valence-electron chi connectivity index (χ1n) is 4.00. The predicted octanol–water partition coefficient (Wildman–Crippen LogP) is 1.95. The summed E-state index contributed by atoms with van der Waals surface area (Å²) in [6, 6.07) is 2.35. The number of nitro benzene ring substituents is 1. The maximum absolute atomic E-state index is 13.5. The number of nitro groups is 1. The van der Waals surface area contributed by atoms with Crippen LogP contribution in [0.5, 0.6) is 5.75 Å². The Balaban J connectivity index is 3.49. The maximum Gasteiger partial charge on any atom is 0.346 e. The van der Waals surface area contributed by atoms with E-state index in [2.05, 4.69) is 4.74 Å². The summed E-state index contributed by atoms with van der Waals surface area (Å²) in [7, 11) is 1.19. The van der Waals surface area contributed by atoms with Crippen LogP contribution in [0.1, 0.15) is 17.3 Å². The second-order valence-corrected chi connectivity index (χ2v) is 2.79. The van der Waals surface area contributed by atoms with Crippen molar-refractivity contribution in [3.05, 3.63) is 33.6 Å². The monoisotopic (exact) mass is 213 g/mol. The van der Waals surface area contributed by atoms with Crippen LogP contribution in [0.3, 0.4) is 0 Å². The number of halogens is 1. The molecule has 0 saturated carbocycles. The van der Waals surface area contributed by atoms with E-state index in [0.717, 1.165) is 13.0 Å². The smallest absolute Gasteiger partial charge is 0.346 e. The van der Waals surface area contributed by atoms with Gasteiger partial charge >= 0.3 is 5.69 Å². The number of benzene rings is 1. The van der Waals surface area contributed by atoms with Crippen molar-refractivity contribution in [3.63, 3.8) is 0 Å². The molecule has 0 spiro atoms. The molecule has 0 fully saturated rings. The molecule has 5 nitrogen and oxygen atoms in total. The topological polar surface area (TPSA) is 69.4 Å². The number of hydrogen-bond donors (Lipinski definition) is 0. The highest BCUT2D eigenvalue weighted by molar-refractivity contribution is 5.95. The molecule has 0 heterocycles. The Bertz CT molecular complexity index is 430. The van der Waals surface area contributed by atoms with E-state index in [9.17, 15) is 19.3 Å². The SMILES string of the molecule is COc1ccc(C(C)=O)c(F)c1[N+](=O)[O-]. The van der Waals surface area contributed by atoms with Crippen LogP contribution in [0.25, 0.3) is 0 Å². The van der Waals surface area contributed by atoms with Gasteiger partial charge in [-0.25, -0.2) is 0 Å². The molecule has 0 radical (unpaired) electrons. The number of Topliss-reactive ketones (excluding diaryl/α,β-unsaturated/α-hetero) is 1. The van der Waals surface area contributed by atoms with Crippen LogP contribution < -0.4 is 4.74 Å². The molecule has 1 aromatic rings. The number of carbonyl (C=O) groups is 1. The highest BCUT2D eigenvalue weighted by atomic mass is 19.1. The summed E-state index contributed by atoms with van der Waals surface area (Å²) in [6.45, 7) is 1.13. The number of rotatable bonds is 3. The summed E-state index contributed by atoms with van der Waals surface area (Å²) in [6.07, 6.45) is 0. The van der Waals surface area contributed by atoms with Gasteiger partial charge < -0.3 is 4.74 Å². The minimum Gasteiger partial charge on any atom is -0.490 e. The summed E-state index contributed by atoms with van der Waals surface area (Å²) in [4.78, 5) is 20.6. The minimum absolute atomic E-state index is 0.206. The van der Waals surface area contributed by atoms with E-state index in [-0.39, 0.29) is 11.3 Å². The average Bonchev–Trinajstić information content (AvgIpc) is 2.15. The quantitative estimate of drug-likeness (QED) is 0.437. The summed E-state index contributed by atoms with van der Waals surface area (Å²) < 4.78 is 18.1. The van der Waals surface area contributed by atoms with Gasteiger partial charge in [-0.3, -0.25) is 14.9 Å². The molecule has 6 heteroatoms. The first-order valence-corrected chi connectivity index (χ1v) is 4.00. The van der Waals surface area contributed by atoms with Gasteiger partial charge in [0.2, 0.25) is 5.82 Å². The minimum atomic E-state index is -1.16. The molecule has 1 aromatic carbocycles. The van der Waals surface area contributed by atoms with E-state index in [1.807, 2.05) is 0 Å². The standard InChI is InChI=1S/C9H8FNO4/c1-5(12)6-3-4-7(15-2)9(8(6)10)11(13)14/h3-4H,1-2H3. The van der Waals surface area contributed by atoms with Crippen LogP contribution in [0.2, 0.25) is 0 Å². The second kappa shape index (κ2) is 4.04. The summed E-state index contributed by atoms with van der Waals surface area (Å²) in [5.74, 6) is -1.94. The van der Waals surface area contributed by atoms with E-state index in [0.29, 0.717) is 0 Å². The first-order chi connectivity index (χ1) is 6.99. The zero-order valence-corrected chi connectivity index (χ0v) is 8.11. The molecule has 0 aliphatic rings. The number of ketones is 1. The fourth-order valence-corrected chi connectivity index (χ4v) is 1.15. The summed E-state index contributed by atoms with van der Waals surface area (Å²) in [5.41, 5.74) is -1.13. The Hall–Kier alpha value is -1.98. The molecule has 15 heavy (non-hydrogen) atoms. The van der Waals surface area contributed by atoms with Gasteiger partial charge in [-0.05, 0) is 19.1 Å². The molecule has 1 rings (SSSR count). The van der Waals surface area contributed by atoms with Gasteiger partial charge in [0.1, 0.15) is 0 Å². The van der Waals surface area contributed by atoms with E-state index >= 15 is 0 Å². The molecule has 0 unspecified atom stereocenters. The summed E-state index contributed by atoms with van der Waals surface area (Å²) >= 11 is 0. The van der Waals surface area contributed by atoms with Gasteiger partial charge in [-0.1, -0.05) is 0 Å². The van der Waals surface area contributed by atoms with Gasteiger partial charge in [0, 0.05) is 0 Å². The van der Waals surface area contributed by atoms with Crippen molar-refractivity contribution in [1.29, 1.82) is 0 Å². The lowest BCUT2D eigenvalue weighted by molar-refractivity contribution is -0.388. The van der Waals surface area contributed by atoms with Gasteiger partial charge in [-0.2, -0.15) is 4.39 Å². The highest BCUT2D eigenvalue weighted by Gasteiger charge is 2.25. The van der Waals surface area contributed by atoms with Gasteiger partial charge in [-0.15, -0.1) is 0 Å². The first kappa shape index (κ1) is 11.1. The Morgan fingerprint density at radius 1 is 1.53 bits per heavy atom. The number of ether oxygens (including phenoxy) is 1. The summed E-state index contributed by atoms with van der Waals surface area (Å²) in [5, 5.41) is 10.6. The second-order valence-electron chi connectivity index (χ2n) is 2.79. The molecule has 0 aliphatic carbocycles. The van der Waals surface area contributed by atoms with Crippen LogP contribution >= 0.6 is 0 Å². The lowest BCUT2D eigenvalue weighted by Crippen LogP contribution is -2.03. The van der Waals surface area contributed by atoms with Crippen LogP contribution in [0, 0.1) is 15.9 Å². The molecular formula is C9H8FNO4. The number of carbonyl (C=O) groups excluding carboxylic acids is 1. The van der Waals surface area contributed by atoms with E-state index < -0.39 is 22.2 Å². The van der Waals surface area contributed by atoms with Crippen molar-refractivity contribution in [2.75, 3.05) is 7.11 Å². The highest BCUT2D eigenvalue weighted by Crippen LogP contribution is 2.31. The number of nitrogens with zero attached hydrogens (tertiary/aromatic N) is 1. The van der Waals surface area contributed by atoms with Crippen molar-refractivity contribution in [3.8, 4) is 5.75 Å². The fourth-order valence-electron chi connectivity index (χ4n) is 1.15. The Morgan fingerprint density at radius 3 is 2.53 bits per heavy atom. The van der Waals surface area contributed by atoms with Gasteiger partial charge in [0.05, 0.1) is 17.6 Å². The third kappa shape index (κ3) is 1.93. The van der Waals surface area contributed by atoms with Crippen molar-refractivity contribution in [2.24, 2.45) is 0 Å². The number of methoxy groups -OCH3 is 1. The largest absolute Gasteiger partial charge is 0.490 e. The van der Waals surface area contributed by atoms with E-state index in [1.54, 1.807) is 0 Å². The van der Waals surface area contributed by atoms with Crippen molar-refractivity contribution < 1.29 is 18.8 Å². The van der Waals surface area contributed by atoms with Crippen molar-refractivity contribution in [1.82, 2.24) is 0 Å². The molecular weight excluding hydrogens is 205 g/mol. The third-order valence-electron chi connectivity index (χ3n) is 1.86. The fraction of sp³-hybridized carbons (Fsp3) is 0.222. The van der Waals surface area contributed by atoms with Crippen molar-refractivity contribution in [2.45, 2.75) is 6.92 Å². The average molecular weight is 213 g/mol. The lowest BCUT2D eigenvalue weighted by atomic mass is 10.1. The van der Waals surface area contributed by atoms with Crippen LogP contribution in [-0.4, -0.2) is 17.8 Å². The van der Waals surface area contributed by atoms with Gasteiger partial charge in [0.25, 0.3) is 0 Å². The van der Waals surface area contributed by atoms with Crippen LogP contribution in [-0.2, 0) is 0 Å².